The van der Waals surface area contributed by atoms with Crippen LogP contribution in [-0.2, 0) is 9.53 Å². The van der Waals surface area contributed by atoms with Crippen molar-refractivity contribution in [1.29, 1.82) is 0 Å². The minimum absolute atomic E-state index is 0.106. The van der Waals surface area contributed by atoms with E-state index in [0.717, 1.165) is 22.4 Å². The van der Waals surface area contributed by atoms with Crippen LogP contribution in [0.5, 0.6) is 28.7 Å². The van der Waals surface area contributed by atoms with Gasteiger partial charge >= 0.3 is 5.97 Å². The van der Waals surface area contributed by atoms with Crippen LogP contribution in [0.2, 0.25) is 0 Å². The molecule has 33 heavy (non-hydrogen) atoms. The Labute approximate surface area is 192 Å². The van der Waals surface area contributed by atoms with Crippen molar-refractivity contribution in [2.75, 3.05) is 34.7 Å². The van der Waals surface area contributed by atoms with Crippen molar-refractivity contribution in [3.8, 4) is 28.7 Å². The maximum absolute atomic E-state index is 13.0. The van der Waals surface area contributed by atoms with Gasteiger partial charge in [-0.2, -0.15) is 0 Å². The minimum atomic E-state index is -0.390. The zero-order chi connectivity index (χ0) is 23.3. The molecular formula is C25H27NO7. The van der Waals surface area contributed by atoms with E-state index in [0.29, 0.717) is 35.4 Å². The molecule has 3 aliphatic rings. The predicted octanol–water partition coefficient (Wildman–Crippen LogP) is 3.54. The number of cyclic esters (lactones) is 1. The molecule has 174 valence electrons. The molecule has 0 spiro atoms. The van der Waals surface area contributed by atoms with Crippen LogP contribution in [-0.4, -0.2) is 40.7 Å². The van der Waals surface area contributed by atoms with Gasteiger partial charge in [-0.3, -0.25) is 4.79 Å². The lowest BCUT2D eigenvalue weighted by atomic mass is 9.65. The summed E-state index contributed by atoms with van der Waals surface area (Å²) in [5, 5.41) is 3.41. The van der Waals surface area contributed by atoms with Gasteiger partial charge in [-0.15, -0.1) is 0 Å². The number of rotatable bonds is 6. The molecule has 4 unspecified atom stereocenters. The smallest absolute Gasteiger partial charge is 0.311 e. The van der Waals surface area contributed by atoms with Crippen molar-refractivity contribution in [2.24, 2.45) is 11.8 Å². The van der Waals surface area contributed by atoms with Gasteiger partial charge in [0.15, 0.2) is 23.0 Å². The topological polar surface area (TPSA) is 84.5 Å². The monoisotopic (exact) mass is 453 g/mol. The zero-order valence-electron chi connectivity index (χ0n) is 19.1. The van der Waals surface area contributed by atoms with Crippen LogP contribution in [0.15, 0.2) is 36.5 Å². The van der Waals surface area contributed by atoms with E-state index in [-0.39, 0.29) is 30.6 Å². The fourth-order valence-corrected chi connectivity index (χ4v) is 5.32. The van der Waals surface area contributed by atoms with E-state index < -0.39 is 5.92 Å². The summed E-state index contributed by atoms with van der Waals surface area (Å²) in [7, 11) is 4.75. The molecule has 8 nitrogen and oxygen atoms in total. The summed E-state index contributed by atoms with van der Waals surface area (Å²) in [6.07, 6.45) is 0. The molecule has 0 bridgehead atoms. The highest BCUT2D eigenvalue weighted by molar-refractivity contribution is 5.78. The first-order valence-electron chi connectivity index (χ1n) is 10.8. The molecule has 1 aliphatic carbocycles. The minimum Gasteiger partial charge on any atom is -0.493 e. The number of benzene rings is 2. The van der Waals surface area contributed by atoms with E-state index in [1.165, 1.54) is 0 Å². The van der Waals surface area contributed by atoms with Crippen molar-refractivity contribution in [3.05, 3.63) is 53.2 Å². The van der Waals surface area contributed by atoms with Gasteiger partial charge in [0.05, 0.1) is 39.9 Å². The lowest BCUT2D eigenvalue weighted by molar-refractivity contribution is -0.142. The lowest BCUT2D eigenvalue weighted by Gasteiger charge is -2.40. The van der Waals surface area contributed by atoms with E-state index in [4.69, 9.17) is 28.4 Å². The fraction of sp³-hybridized carbons (Fsp3) is 0.400. The van der Waals surface area contributed by atoms with E-state index in [1.807, 2.05) is 31.2 Å². The van der Waals surface area contributed by atoms with Gasteiger partial charge in [0.2, 0.25) is 12.5 Å². The number of nitrogens with one attached hydrogen (secondary N) is 1. The van der Waals surface area contributed by atoms with E-state index in [9.17, 15) is 4.79 Å². The summed E-state index contributed by atoms with van der Waals surface area (Å²) in [6.45, 7) is 6.37. The van der Waals surface area contributed by atoms with E-state index in [1.54, 1.807) is 21.3 Å². The highest BCUT2D eigenvalue weighted by Gasteiger charge is 2.52. The number of carbonyl (C=O) groups is 1. The van der Waals surface area contributed by atoms with Crippen LogP contribution >= 0.6 is 0 Å². The maximum atomic E-state index is 13.0. The first-order chi connectivity index (χ1) is 16.0. The molecule has 0 radical (unpaired) electrons. The van der Waals surface area contributed by atoms with Crippen molar-refractivity contribution in [3.63, 3.8) is 0 Å². The Morgan fingerprint density at radius 3 is 2.18 bits per heavy atom. The Morgan fingerprint density at radius 1 is 0.970 bits per heavy atom. The van der Waals surface area contributed by atoms with Crippen LogP contribution in [0.3, 0.4) is 0 Å². The SMILES string of the molecule is C=C(C)NC1c2cc3c(cc2C(c2cc(OC)c(OC)c(OC)c2)C2COC(=O)C12)OCO3. The molecular weight excluding hydrogens is 426 g/mol. The Bertz CT molecular complexity index is 1100. The third kappa shape index (κ3) is 3.32. The second-order valence-electron chi connectivity index (χ2n) is 8.49. The molecule has 2 aliphatic heterocycles. The quantitative estimate of drug-likeness (QED) is 0.665. The number of hydrogen-bond acceptors (Lipinski definition) is 8. The lowest BCUT2D eigenvalue weighted by Crippen LogP contribution is -2.40. The molecule has 5 rings (SSSR count). The molecule has 1 N–H and O–H groups in total. The number of hydrogen-bond donors (Lipinski definition) is 1. The molecule has 2 aromatic rings. The summed E-state index contributed by atoms with van der Waals surface area (Å²) in [4.78, 5) is 13.0. The van der Waals surface area contributed by atoms with Gasteiger partial charge in [-0.25, -0.2) is 0 Å². The number of ether oxygens (including phenoxy) is 6. The van der Waals surface area contributed by atoms with Gasteiger partial charge in [0, 0.05) is 17.5 Å². The number of allylic oxidation sites excluding steroid dienone is 1. The first-order valence-corrected chi connectivity index (χ1v) is 10.8. The first kappa shape index (κ1) is 21.3. The molecule has 0 aromatic heterocycles. The molecule has 4 atom stereocenters. The summed E-state index contributed by atoms with van der Waals surface area (Å²) in [5.41, 5.74) is 3.70. The largest absolute Gasteiger partial charge is 0.493 e. The number of esters is 1. The molecule has 1 saturated heterocycles. The van der Waals surface area contributed by atoms with E-state index >= 15 is 0 Å². The van der Waals surface area contributed by atoms with Crippen LogP contribution in [0.1, 0.15) is 35.6 Å². The summed E-state index contributed by atoms with van der Waals surface area (Å²) in [5.74, 6) is 2.09. The van der Waals surface area contributed by atoms with Crippen molar-refractivity contribution >= 4 is 5.97 Å². The second-order valence-corrected chi connectivity index (χ2v) is 8.49. The third-order valence-corrected chi connectivity index (χ3v) is 6.64. The standard InChI is InChI=1S/C25H27NO7/c1-12(2)26-23-15-9-18-17(32-11-33-18)8-14(15)21(16-10-31-25(27)22(16)23)13-6-19(28-3)24(30-5)20(7-13)29-4/h6-9,16,21-23,26H,1,10-11H2,2-5H3. The van der Waals surface area contributed by atoms with Crippen LogP contribution < -0.4 is 29.0 Å². The predicted molar refractivity (Wildman–Crippen MR) is 119 cm³/mol. The normalized spacial score (nSPS) is 24.4. The Hall–Kier alpha value is -3.55. The number of carbonyl (C=O) groups excluding carboxylic acids is 1. The highest BCUT2D eigenvalue weighted by Crippen LogP contribution is 2.55. The van der Waals surface area contributed by atoms with Crippen LogP contribution in [0.4, 0.5) is 0 Å². The Balaban J connectivity index is 1.74. The Kier molecular flexibility index (Phi) is 5.23. The average molecular weight is 453 g/mol. The summed E-state index contributed by atoms with van der Waals surface area (Å²) < 4.78 is 33.7. The molecule has 0 amide bonds. The highest BCUT2D eigenvalue weighted by atomic mass is 16.7. The fourth-order valence-electron chi connectivity index (χ4n) is 5.32. The molecule has 8 heteroatoms. The van der Waals surface area contributed by atoms with Gasteiger partial charge in [-0.05, 0) is 47.9 Å². The molecule has 2 aromatic carbocycles. The maximum Gasteiger partial charge on any atom is 0.311 e. The van der Waals surface area contributed by atoms with Crippen LogP contribution in [0.25, 0.3) is 0 Å². The summed E-state index contributed by atoms with van der Waals surface area (Å²) >= 11 is 0. The number of methoxy groups -OCH3 is 3. The van der Waals surface area contributed by atoms with Crippen molar-refractivity contribution < 1.29 is 33.2 Å². The summed E-state index contributed by atoms with van der Waals surface area (Å²) in [6, 6.07) is 7.56. The van der Waals surface area contributed by atoms with Gasteiger partial charge in [-0.1, -0.05) is 6.58 Å². The van der Waals surface area contributed by atoms with Gasteiger partial charge < -0.3 is 33.7 Å². The Morgan fingerprint density at radius 2 is 1.61 bits per heavy atom. The molecule has 0 saturated carbocycles. The van der Waals surface area contributed by atoms with Gasteiger partial charge in [0.25, 0.3) is 0 Å². The molecule has 1 fully saturated rings. The van der Waals surface area contributed by atoms with Crippen LogP contribution in [0, 0.1) is 11.8 Å². The average Bonchev–Trinajstić information content (AvgIpc) is 3.42. The van der Waals surface area contributed by atoms with Crippen molar-refractivity contribution in [1.82, 2.24) is 5.32 Å². The van der Waals surface area contributed by atoms with Crippen molar-refractivity contribution in [2.45, 2.75) is 18.9 Å². The number of fused-ring (bicyclic) bond motifs is 3. The zero-order valence-corrected chi connectivity index (χ0v) is 19.1. The third-order valence-electron chi connectivity index (χ3n) is 6.64. The van der Waals surface area contributed by atoms with Gasteiger partial charge in [0.1, 0.15) is 0 Å². The van der Waals surface area contributed by atoms with E-state index in [2.05, 4.69) is 11.9 Å². The second kappa shape index (κ2) is 8.10. The molecule has 2 heterocycles.